The van der Waals surface area contributed by atoms with Crippen LogP contribution in [0.5, 0.6) is 0 Å². The quantitative estimate of drug-likeness (QED) is 0.279. The van der Waals surface area contributed by atoms with Crippen LogP contribution in [0.3, 0.4) is 0 Å². The molecule has 8 heteroatoms. The minimum Gasteiger partial charge on any atom is -0.724 e. The van der Waals surface area contributed by atoms with Crippen molar-refractivity contribution in [2.45, 2.75) is 26.4 Å². The van der Waals surface area contributed by atoms with E-state index in [1.54, 1.807) is 20.8 Å². The van der Waals surface area contributed by atoms with Crippen LogP contribution >= 0.6 is 0 Å². The van der Waals surface area contributed by atoms with E-state index in [1.807, 2.05) is 0 Å². The molecule has 0 amide bonds. The van der Waals surface area contributed by atoms with Gasteiger partial charge in [0.2, 0.25) is 10.4 Å². The lowest BCUT2D eigenvalue weighted by Gasteiger charge is -2.17. The van der Waals surface area contributed by atoms with Gasteiger partial charge < -0.3 is 15.4 Å². The lowest BCUT2D eigenvalue weighted by atomic mass is 10.2. The van der Waals surface area contributed by atoms with Crippen LogP contribution in [0.4, 0.5) is 0 Å². The summed E-state index contributed by atoms with van der Waals surface area (Å²) in [5, 5.41) is 7.75. The van der Waals surface area contributed by atoms with Gasteiger partial charge in [0.05, 0.1) is 12.2 Å². The van der Waals surface area contributed by atoms with Gasteiger partial charge in [0, 0.05) is 6.54 Å². The van der Waals surface area contributed by atoms with Crippen LogP contribution in [0.1, 0.15) is 20.8 Å². The molecule has 0 aromatic heterocycles. The fourth-order valence-electron chi connectivity index (χ4n) is 0.144. The van der Waals surface area contributed by atoms with Crippen molar-refractivity contribution >= 4 is 10.4 Å². The van der Waals surface area contributed by atoms with Crippen molar-refractivity contribution in [3.8, 4) is 0 Å². The molecule has 3 N–H and O–H groups in total. The van der Waals surface area contributed by atoms with Gasteiger partial charge in [-0.3, -0.25) is 0 Å². The zero-order valence-corrected chi connectivity index (χ0v) is 9.20. The molecule has 0 atom stereocenters. The maximum Gasteiger partial charge on any atom is 0.245 e. The first-order valence-electron chi connectivity index (χ1n) is 3.76. The van der Waals surface area contributed by atoms with Crippen LogP contribution in [0.15, 0.2) is 0 Å². The number of aliphatic hydroxyl groups excluding tert-OH is 1. The highest BCUT2D eigenvalue weighted by Crippen LogP contribution is 2.08. The van der Waals surface area contributed by atoms with Gasteiger partial charge in [-0.15, -0.1) is 4.33 Å². The molecule has 0 aromatic carbocycles. The Bertz CT molecular complexity index is 217. The van der Waals surface area contributed by atoms with E-state index in [2.05, 4.69) is 9.22 Å². The molecule has 0 saturated carbocycles. The number of hydrogen-bond donors (Lipinski definition) is 2. The number of hydrogen-bond acceptors (Lipinski definition) is 7. The van der Waals surface area contributed by atoms with Gasteiger partial charge in [0.25, 0.3) is 0 Å². The third-order valence-electron chi connectivity index (χ3n) is 0.496. The first-order chi connectivity index (χ1) is 6.12. The summed E-state index contributed by atoms with van der Waals surface area (Å²) in [5.41, 5.74) is 3.98. The van der Waals surface area contributed by atoms with Gasteiger partial charge in [-0.25, -0.2) is 13.3 Å². The highest BCUT2D eigenvalue weighted by molar-refractivity contribution is 7.80. The van der Waals surface area contributed by atoms with Gasteiger partial charge in [0.1, 0.15) is 0 Å². The van der Waals surface area contributed by atoms with Gasteiger partial charge in [0.15, 0.2) is 0 Å². The molecular formula is C6H16NO6S-. The number of rotatable bonds is 3. The molecule has 0 heterocycles. The van der Waals surface area contributed by atoms with Crippen molar-refractivity contribution in [3.63, 3.8) is 0 Å². The smallest absolute Gasteiger partial charge is 0.245 e. The maximum absolute atomic E-state index is 9.78. The summed E-state index contributed by atoms with van der Waals surface area (Å²) in [6.07, 6.45) is 0. The van der Waals surface area contributed by atoms with E-state index < -0.39 is 16.0 Å². The Morgan fingerprint density at radius 2 is 1.79 bits per heavy atom. The topological polar surface area (TPSA) is 122 Å². The molecule has 0 spiro atoms. The summed E-state index contributed by atoms with van der Waals surface area (Å²) >= 11 is 0. The van der Waals surface area contributed by atoms with E-state index in [0.29, 0.717) is 6.54 Å². The molecule has 0 saturated heterocycles. The number of nitrogens with two attached hydrogens (primary N) is 1. The summed E-state index contributed by atoms with van der Waals surface area (Å²) in [6, 6.07) is 0. The molecule has 0 aliphatic carbocycles. The molecule has 88 valence electrons. The normalized spacial score (nSPS) is 11.9. The van der Waals surface area contributed by atoms with E-state index in [0.717, 1.165) is 0 Å². The van der Waals surface area contributed by atoms with E-state index in [4.69, 9.17) is 10.8 Å². The van der Waals surface area contributed by atoms with Gasteiger partial charge in [-0.1, -0.05) is 0 Å². The summed E-state index contributed by atoms with van der Waals surface area (Å²) in [4.78, 5) is 4.19. The van der Waals surface area contributed by atoms with E-state index >= 15 is 0 Å². The fourth-order valence-corrected chi connectivity index (χ4v) is 0.431. The molecule has 14 heavy (non-hydrogen) atoms. The molecule has 0 rings (SSSR count). The molecule has 7 nitrogen and oxygen atoms in total. The van der Waals surface area contributed by atoms with Gasteiger partial charge in [-0.2, -0.15) is 0 Å². The van der Waals surface area contributed by atoms with Crippen molar-refractivity contribution in [1.29, 1.82) is 0 Å². The third-order valence-corrected chi connectivity index (χ3v) is 0.731. The maximum atomic E-state index is 9.78. The molecule has 0 aromatic rings. The Balaban J connectivity index is 0. The second-order valence-corrected chi connectivity index (χ2v) is 4.14. The Morgan fingerprint density at radius 1 is 1.43 bits per heavy atom. The minimum atomic E-state index is -4.73. The average molecular weight is 230 g/mol. The lowest BCUT2D eigenvalue weighted by molar-refractivity contribution is -0.275. The highest BCUT2D eigenvalue weighted by atomic mass is 32.3. The third kappa shape index (κ3) is 22.6. The Labute approximate surface area is 83.7 Å². The van der Waals surface area contributed by atoms with Crippen LogP contribution in [-0.4, -0.2) is 36.8 Å². The van der Waals surface area contributed by atoms with E-state index in [1.165, 1.54) is 0 Å². The summed E-state index contributed by atoms with van der Waals surface area (Å²) in [7, 11) is -4.73. The minimum absolute atomic E-state index is 0.0972. The Morgan fingerprint density at radius 3 is 1.86 bits per heavy atom. The summed E-state index contributed by atoms with van der Waals surface area (Å²) in [6.45, 7) is 5.13. The Hall–Kier alpha value is -0.250. The van der Waals surface area contributed by atoms with Crippen LogP contribution < -0.4 is 5.73 Å². The molecule has 0 unspecified atom stereocenters. The number of aliphatic hydroxyl groups is 1. The Kier molecular flexibility index (Phi) is 8.21. The zero-order chi connectivity index (χ0) is 11.8. The molecule has 0 bridgehead atoms. The molecule has 0 aliphatic heterocycles. The average Bonchev–Trinajstić information content (AvgIpc) is 1.99. The zero-order valence-electron chi connectivity index (χ0n) is 8.39. The standard InChI is InChI=1S/C4H10O5S.C2H7NO/c1-4(2,3)8-9-10(5,6)7;3-1-2-4/h1-3H3,(H,5,6,7);4H,1-3H2/p-1. The molecule has 0 fully saturated rings. The van der Waals surface area contributed by atoms with Crippen molar-refractivity contribution in [2.24, 2.45) is 5.73 Å². The SMILES string of the molecule is CC(C)(C)OOS(=O)(=O)[O-].NCCO. The first kappa shape index (κ1) is 16.2. The van der Waals surface area contributed by atoms with Crippen molar-refractivity contribution in [1.82, 2.24) is 0 Å². The summed E-state index contributed by atoms with van der Waals surface area (Å²) in [5.74, 6) is 0. The highest BCUT2D eigenvalue weighted by Gasteiger charge is 2.13. The molecular weight excluding hydrogens is 214 g/mol. The lowest BCUT2D eigenvalue weighted by Crippen LogP contribution is -2.21. The molecule has 0 aliphatic rings. The largest absolute Gasteiger partial charge is 0.724 e. The monoisotopic (exact) mass is 230 g/mol. The van der Waals surface area contributed by atoms with Crippen molar-refractivity contribution in [2.75, 3.05) is 13.2 Å². The van der Waals surface area contributed by atoms with Crippen LogP contribution in [0.25, 0.3) is 0 Å². The van der Waals surface area contributed by atoms with Crippen LogP contribution in [-0.2, 0) is 19.6 Å². The van der Waals surface area contributed by atoms with Crippen LogP contribution in [0.2, 0.25) is 0 Å². The second-order valence-electron chi connectivity index (χ2n) is 3.18. The van der Waals surface area contributed by atoms with Crippen LogP contribution in [0, 0.1) is 0 Å². The van der Waals surface area contributed by atoms with Gasteiger partial charge >= 0.3 is 0 Å². The van der Waals surface area contributed by atoms with E-state index in [9.17, 15) is 13.0 Å². The van der Waals surface area contributed by atoms with E-state index in [-0.39, 0.29) is 6.61 Å². The fraction of sp³-hybridized carbons (Fsp3) is 1.00. The molecule has 0 radical (unpaired) electrons. The van der Waals surface area contributed by atoms with Crippen molar-refractivity contribution < 1.29 is 27.3 Å². The van der Waals surface area contributed by atoms with Gasteiger partial charge in [-0.05, 0) is 20.8 Å². The summed E-state index contributed by atoms with van der Waals surface area (Å²) < 4.78 is 32.8. The second kappa shape index (κ2) is 7.10. The predicted octanol–water partition coefficient (Wildman–Crippen LogP) is -0.869. The first-order valence-corrected chi connectivity index (χ1v) is 5.10. The van der Waals surface area contributed by atoms with Crippen molar-refractivity contribution in [3.05, 3.63) is 0 Å². The predicted molar refractivity (Wildman–Crippen MR) is 47.8 cm³/mol.